The molecule has 0 radical (unpaired) electrons. The first-order valence-electron chi connectivity index (χ1n) is 4.45. The summed E-state index contributed by atoms with van der Waals surface area (Å²) in [6.45, 7) is 1.63. The van der Waals surface area contributed by atoms with Crippen molar-refractivity contribution in [1.82, 2.24) is 0 Å². The molecule has 0 aliphatic carbocycles. The van der Waals surface area contributed by atoms with Crippen molar-refractivity contribution >= 4 is 6.02 Å². The van der Waals surface area contributed by atoms with Crippen molar-refractivity contribution in [1.29, 1.82) is 0 Å². The summed E-state index contributed by atoms with van der Waals surface area (Å²) in [5.74, 6) is -1.28. The Morgan fingerprint density at radius 2 is 2.00 bits per heavy atom. The Labute approximate surface area is 85.6 Å². The van der Waals surface area contributed by atoms with E-state index in [1.807, 2.05) is 0 Å². The highest BCUT2D eigenvalue weighted by Crippen LogP contribution is 2.33. The quantitative estimate of drug-likeness (QED) is 0.767. The van der Waals surface area contributed by atoms with Gasteiger partial charge >= 0.3 is 0 Å². The highest BCUT2D eigenvalue weighted by Gasteiger charge is 2.37. The van der Waals surface area contributed by atoms with Crippen LogP contribution in [0, 0.1) is 11.6 Å². The second kappa shape index (κ2) is 3.18. The molecule has 2 N–H and O–H groups in total. The predicted octanol–water partition coefficient (Wildman–Crippen LogP) is 1.52. The molecule has 0 spiro atoms. The van der Waals surface area contributed by atoms with E-state index in [0.29, 0.717) is 0 Å². The lowest BCUT2D eigenvalue weighted by molar-refractivity contribution is 0.257. The van der Waals surface area contributed by atoms with Gasteiger partial charge in [0.1, 0.15) is 23.8 Å². The summed E-state index contributed by atoms with van der Waals surface area (Å²) in [6, 6.07) is 3.64. The summed E-state index contributed by atoms with van der Waals surface area (Å²) in [7, 11) is 0. The zero-order valence-corrected chi connectivity index (χ0v) is 8.13. The summed E-state index contributed by atoms with van der Waals surface area (Å²) in [4.78, 5) is 3.90. The fourth-order valence-electron chi connectivity index (χ4n) is 1.66. The molecule has 0 saturated carbocycles. The fraction of sp³-hybridized carbons (Fsp3) is 0.300. The van der Waals surface area contributed by atoms with Gasteiger partial charge in [0.15, 0.2) is 0 Å². The van der Waals surface area contributed by atoms with Crippen molar-refractivity contribution in [2.75, 3.05) is 6.61 Å². The fourth-order valence-corrected chi connectivity index (χ4v) is 1.66. The van der Waals surface area contributed by atoms with Crippen LogP contribution in [0.15, 0.2) is 23.2 Å². The molecule has 1 heterocycles. The Balaban J connectivity index is 2.55. The van der Waals surface area contributed by atoms with E-state index < -0.39 is 17.2 Å². The van der Waals surface area contributed by atoms with Crippen LogP contribution in [0.3, 0.4) is 0 Å². The van der Waals surface area contributed by atoms with Crippen molar-refractivity contribution in [3.63, 3.8) is 0 Å². The first-order valence-corrected chi connectivity index (χ1v) is 4.45. The van der Waals surface area contributed by atoms with E-state index in [0.717, 1.165) is 0 Å². The smallest absolute Gasteiger partial charge is 0.283 e. The molecule has 15 heavy (non-hydrogen) atoms. The number of aliphatic imine (C=N–C) groups is 1. The summed E-state index contributed by atoms with van der Waals surface area (Å²) in [5, 5.41) is 0. The van der Waals surface area contributed by atoms with Crippen LogP contribution < -0.4 is 5.73 Å². The van der Waals surface area contributed by atoms with E-state index in [4.69, 9.17) is 10.5 Å². The topological polar surface area (TPSA) is 47.6 Å². The minimum Gasteiger partial charge on any atom is -0.462 e. The van der Waals surface area contributed by atoms with Crippen LogP contribution in [0.2, 0.25) is 0 Å². The van der Waals surface area contributed by atoms with E-state index >= 15 is 0 Å². The van der Waals surface area contributed by atoms with Gasteiger partial charge in [-0.05, 0) is 19.1 Å². The Kier molecular flexibility index (Phi) is 2.10. The lowest BCUT2D eigenvalue weighted by Crippen LogP contribution is -2.24. The molecular formula is C10H10F2N2O. The number of hydrogen-bond acceptors (Lipinski definition) is 3. The standard InChI is InChI=1S/C10H10F2N2O/c1-10(5-15-9(13)14-10)8-6(11)3-2-4-7(8)12/h2-4H,5H2,1H3,(H2,13,14). The largest absolute Gasteiger partial charge is 0.462 e. The van der Waals surface area contributed by atoms with Crippen LogP contribution in [0.4, 0.5) is 8.78 Å². The molecule has 80 valence electrons. The number of benzene rings is 1. The van der Waals surface area contributed by atoms with E-state index in [1.165, 1.54) is 18.2 Å². The number of ether oxygens (including phenoxy) is 1. The molecule has 5 heteroatoms. The lowest BCUT2D eigenvalue weighted by atomic mass is 9.93. The second-order valence-electron chi connectivity index (χ2n) is 3.61. The molecule has 1 aromatic rings. The number of amidine groups is 1. The summed E-state index contributed by atoms with van der Waals surface area (Å²) >= 11 is 0. The van der Waals surface area contributed by atoms with Crippen molar-refractivity contribution in [3.05, 3.63) is 35.4 Å². The Bertz CT molecular complexity index is 413. The molecule has 1 aliphatic heterocycles. The molecule has 0 aromatic heterocycles. The number of hydrogen-bond donors (Lipinski definition) is 1. The van der Waals surface area contributed by atoms with Gasteiger partial charge in [-0.2, -0.15) is 0 Å². The van der Waals surface area contributed by atoms with Gasteiger partial charge in [0, 0.05) is 0 Å². The third-order valence-corrected chi connectivity index (χ3v) is 2.36. The summed E-state index contributed by atoms with van der Waals surface area (Å²) < 4.78 is 31.9. The van der Waals surface area contributed by atoms with Gasteiger partial charge in [-0.25, -0.2) is 13.8 Å². The van der Waals surface area contributed by atoms with E-state index in [9.17, 15) is 8.78 Å². The minimum atomic E-state index is -1.07. The Morgan fingerprint density at radius 1 is 1.40 bits per heavy atom. The van der Waals surface area contributed by atoms with Crippen molar-refractivity contribution in [2.24, 2.45) is 10.7 Å². The second-order valence-corrected chi connectivity index (χ2v) is 3.61. The van der Waals surface area contributed by atoms with E-state index in [-0.39, 0.29) is 18.2 Å². The van der Waals surface area contributed by atoms with Gasteiger partial charge in [-0.1, -0.05) is 6.07 Å². The van der Waals surface area contributed by atoms with E-state index in [1.54, 1.807) is 6.92 Å². The van der Waals surface area contributed by atoms with E-state index in [2.05, 4.69) is 4.99 Å². The average molecular weight is 212 g/mol. The van der Waals surface area contributed by atoms with Crippen molar-refractivity contribution in [3.8, 4) is 0 Å². The molecular weight excluding hydrogens is 202 g/mol. The molecule has 3 nitrogen and oxygen atoms in total. The molecule has 1 aliphatic rings. The summed E-state index contributed by atoms with van der Waals surface area (Å²) in [5.41, 5.74) is 4.15. The van der Waals surface area contributed by atoms with Gasteiger partial charge in [-0.3, -0.25) is 0 Å². The molecule has 0 saturated heterocycles. The first-order chi connectivity index (χ1) is 7.03. The van der Waals surface area contributed by atoms with Crippen LogP contribution in [-0.4, -0.2) is 12.6 Å². The van der Waals surface area contributed by atoms with Gasteiger partial charge in [-0.15, -0.1) is 0 Å². The molecule has 2 rings (SSSR count). The molecule has 0 bridgehead atoms. The monoisotopic (exact) mass is 212 g/mol. The van der Waals surface area contributed by atoms with Crippen LogP contribution in [-0.2, 0) is 10.3 Å². The van der Waals surface area contributed by atoms with Crippen LogP contribution in [0.1, 0.15) is 12.5 Å². The maximum Gasteiger partial charge on any atom is 0.283 e. The lowest BCUT2D eigenvalue weighted by Gasteiger charge is -2.19. The third-order valence-electron chi connectivity index (χ3n) is 2.36. The average Bonchev–Trinajstić information content (AvgIpc) is 2.46. The Hall–Kier alpha value is -1.65. The van der Waals surface area contributed by atoms with Crippen molar-refractivity contribution < 1.29 is 13.5 Å². The molecule has 1 unspecified atom stereocenters. The number of rotatable bonds is 1. The van der Waals surface area contributed by atoms with Crippen LogP contribution in [0.25, 0.3) is 0 Å². The summed E-state index contributed by atoms with van der Waals surface area (Å²) in [6.07, 6.45) is 0. The van der Waals surface area contributed by atoms with Gasteiger partial charge in [0.05, 0.1) is 5.56 Å². The number of halogens is 2. The minimum absolute atomic E-state index is 0.0415. The highest BCUT2D eigenvalue weighted by atomic mass is 19.1. The van der Waals surface area contributed by atoms with Crippen LogP contribution in [0.5, 0.6) is 0 Å². The van der Waals surface area contributed by atoms with Crippen molar-refractivity contribution in [2.45, 2.75) is 12.5 Å². The zero-order chi connectivity index (χ0) is 11.1. The maximum atomic E-state index is 13.5. The normalized spacial score (nSPS) is 24.9. The molecule has 0 fully saturated rings. The zero-order valence-electron chi connectivity index (χ0n) is 8.13. The maximum absolute atomic E-state index is 13.5. The van der Waals surface area contributed by atoms with Gasteiger partial charge in [0.25, 0.3) is 6.02 Å². The third kappa shape index (κ3) is 1.54. The predicted molar refractivity (Wildman–Crippen MR) is 51.3 cm³/mol. The molecule has 1 aromatic carbocycles. The van der Waals surface area contributed by atoms with Crippen LogP contribution >= 0.6 is 0 Å². The first kappa shape index (κ1) is 9.89. The number of nitrogens with two attached hydrogens (primary N) is 1. The van der Waals surface area contributed by atoms with Gasteiger partial charge < -0.3 is 10.5 Å². The molecule has 1 atom stereocenters. The SMILES string of the molecule is CC1(c2c(F)cccc2F)COC(N)=N1. The Morgan fingerprint density at radius 3 is 2.47 bits per heavy atom. The molecule has 0 amide bonds. The van der Waals surface area contributed by atoms with Gasteiger partial charge in [0.2, 0.25) is 0 Å². The number of nitrogens with zero attached hydrogens (tertiary/aromatic N) is 1. The highest BCUT2D eigenvalue weighted by molar-refractivity contribution is 5.74.